The number of hydrogen-bond acceptors (Lipinski definition) is 5. The van der Waals surface area contributed by atoms with Crippen molar-refractivity contribution in [2.24, 2.45) is 0 Å². The Bertz CT molecular complexity index is 983. The van der Waals surface area contributed by atoms with Gasteiger partial charge in [0.1, 0.15) is 11.6 Å². The van der Waals surface area contributed by atoms with E-state index in [2.05, 4.69) is 15.6 Å². The number of benzene rings is 2. The van der Waals surface area contributed by atoms with Crippen LogP contribution in [-0.2, 0) is 6.42 Å². The molecule has 3 rings (SSSR count). The Hall–Kier alpha value is -3.67. The standard InChI is InChI=1S/C23H23N3O3/c1-16(27)18-6-9-20(10-7-18)26-22-11-8-19(15-25-22)23(28)24-13-12-17-4-3-5-21(14-17)29-2/h3-11,14-15H,12-13H2,1-2H3,(H,24,28)(H,25,26). The van der Waals surface area contributed by atoms with E-state index in [0.717, 1.165) is 17.0 Å². The van der Waals surface area contributed by atoms with Crippen LogP contribution in [0.25, 0.3) is 0 Å². The van der Waals surface area contributed by atoms with E-state index in [1.165, 1.54) is 13.1 Å². The van der Waals surface area contributed by atoms with Crippen LogP contribution in [0.4, 0.5) is 11.5 Å². The van der Waals surface area contributed by atoms with E-state index in [9.17, 15) is 9.59 Å². The minimum atomic E-state index is -0.169. The van der Waals surface area contributed by atoms with Crippen molar-refractivity contribution in [3.63, 3.8) is 0 Å². The number of nitrogens with one attached hydrogen (secondary N) is 2. The van der Waals surface area contributed by atoms with Gasteiger partial charge in [-0.25, -0.2) is 4.98 Å². The van der Waals surface area contributed by atoms with Gasteiger partial charge < -0.3 is 15.4 Å². The van der Waals surface area contributed by atoms with Crippen LogP contribution in [0.2, 0.25) is 0 Å². The smallest absolute Gasteiger partial charge is 0.252 e. The second-order valence-electron chi connectivity index (χ2n) is 6.55. The van der Waals surface area contributed by atoms with E-state index < -0.39 is 0 Å². The molecule has 148 valence electrons. The summed E-state index contributed by atoms with van der Waals surface area (Å²) in [6.45, 7) is 2.05. The zero-order valence-corrected chi connectivity index (χ0v) is 16.4. The number of aromatic nitrogens is 1. The second-order valence-corrected chi connectivity index (χ2v) is 6.55. The molecule has 2 N–H and O–H groups in total. The monoisotopic (exact) mass is 389 g/mol. The Morgan fingerprint density at radius 1 is 1.00 bits per heavy atom. The molecule has 0 saturated heterocycles. The first-order chi connectivity index (χ1) is 14.0. The van der Waals surface area contributed by atoms with Crippen molar-refractivity contribution in [3.05, 3.63) is 83.6 Å². The Kier molecular flexibility index (Phi) is 6.58. The maximum atomic E-state index is 12.3. The van der Waals surface area contributed by atoms with Gasteiger partial charge in [-0.05, 0) is 67.4 Å². The minimum absolute atomic E-state index is 0.0245. The number of pyridine rings is 1. The van der Waals surface area contributed by atoms with E-state index in [-0.39, 0.29) is 11.7 Å². The van der Waals surface area contributed by atoms with Crippen molar-refractivity contribution in [1.82, 2.24) is 10.3 Å². The molecule has 0 unspecified atom stereocenters. The molecule has 3 aromatic rings. The minimum Gasteiger partial charge on any atom is -0.497 e. The lowest BCUT2D eigenvalue weighted by atomic mass is 10.1. The molecular formula is C23H23N3O3. The highest BCUT2D eigenvalue weighted by Gasteiger charge is 2.07. The van der Waals surface area contributed by atoms with Gasteiger partial charge in [-0.3, -0.25) is 9.59 Å². The van der Waals surface area contributed by atoms with Gasteiger partial charge >= 0.3 is 0 Å². The number of nitrogens with zero attached hydrogens (tertiary/aromatic N) is 1. The van der Waals surface area contributed by atoms with Crippen LogP contribution < -0.4 is 15.4 Å². The van der Waals surface area contributed by atoms with Crippen LogP contribution in [0.3, 0.4) is 0 Å². The van der Waals surface area contributed by atoms with Gasteiger partial charge in [0.05, 0.1) is 12.7 Å². The van der Waals surface area contributed by atoms with Gasteiger partial charge in [0.15, 0.2) is 5.78 Å². The number of amides is 1. The van der Waals surface area contributed by atoms with E-state index in [1.54, 1.807) is 31.4 Å². The third kappa shape index (κ3) is 5.65. The summed E-state index contributed by atoms with van der Waals surface area (Å²) in [6, 6.07) is 18.4. The molecule has 0 radical (unpaired) electrons. The molecule has 0 bridgehead atoms. The number of carbonyl (C=O) groups excluding carboxylic acids is 2. The van der Waals surface area contributed by atoms with Gasteiger partial charge in [-0.2, -0.15) is 0 Å². The van der Waals surface area contributed by atoms with Crippen LogP contribution in [0.15, 0.2) is 66.9 Å². The predicted octanol–water partition coefficient (Wildman–Crippen LogP) is 4.01. The molecule has 0 atom stereocenters. The third-order valence-corrected chi connectivity index (χ3v) is 4.42. The zero-order chi connectivity index (χ0) is 20.6. The van der Waals surface area contributed by atoms with E-state index in [4.69, 9.17) is 4.74 Å². The normalized spacial score (nSPS) is 10.3. The molecule has 6 heteroatoms. The Balaban J connectivity index is 1.52. The fraction of sp³-hybridized carbons (Fsp3) is 0.174. The van der Waals surface area contributed by atoms with E-state index in [1.807, 2.05) is 36.4 Å². The summed E-state index contributed by atoms with van der Waals surface area (Å²) in [6.07, 6.45) is 2.25. The Labute approximate surface area is 169 Å². The van der Waals surface area contributed by atoms with Crippen LogP contribution in [0.5, 0.6) is 5.75 Å². The summed E-state index contributed by atoms with van der Waals surface area (Å²) >= 11 is 0. The van der Waals surface area contributed by atoms with Crippen molar-refractivity contribution in [1.29, 1.82) is 0 Å². The number of Topliss-reactive ketones (excluding diaryl/α,β-unsaturated/α-hetero) is 1. The first kappa shape index (κ1) is 20.1. The van der Waals surface area contributed by atoms with Crippen LogP contribution >= 0.6 is 0 Å². The Morgan fingerprint density at radius 3 is 2.41 bits per heavy atom. The second kappa shape index (κ2) is 9.50. The highest BCUT2D eigenvalue weighted by Crippen LogP contribution is 2.16. The molecule has 0 saturated carbocycles. The molecule has 0 aliphatic rings. The molecule has 1 heterocycles. The number of ether oxygens (including phenoxy) is 1. The molecule has 0 spiro atoms. The molecule has 1 amide bonds. The number of carbonyl (C=O) groups is 2. The quantitative estimate of drug-likeness (QED) is 0.569. The first-order valence-electron chi connectivity index (χ1n) is 9.30. The van der Waals surface area contributed by atoms with Crippen LogP contribution in [0, 0.1) is 0 Å². The third-order valence-electron chi connectivity index (χ3n) is 4.42. The highest BCUT2D eigenvalue weighted by atomic mass is 16.5. The lowest BCUT2D eigenvalue weighted by Gasteiger charge is -2.08. The maximum absolute atomic E-state index is 12.3. The average molecular weight is 389 g/mol. The molecule has 0 aliphatic heterocycles. The fourth-order valence-electron chi connectivity index (χ4n) is 2.79. The lowest BCUT2D eigenvalue weighted by molar-refractivity contribution is 0.0952. The average Bonchev–Trinajstić information content (AvgIpc) is 2.74. The number of ketones is 1. The van der Waals surface area contributed by atoms with Crippen molar-refractivity contribution in [3.8, 4) is 5.75 Å². The predicted molar refractivity (Wildman–Crippen MR) is 113 cm³/mol. The highest BCUT2D eigenvalue weighted by molar-refractivity contribution is 5.95. The van der Waals surface area contributed by atoms with E-state index >= 15 is 0 Å². The summed E-state index contributed by atoms with van der Waals surface area (Å²) in [5, 5.41) is 6.04. The molecule has 0 fully saturated rings. The molecular weight excluding hydrogens is 366 g/mol. The zero-order valence-electron chi connectivity index (χ0n) is 16.4. The topological polar surface area (TPSA) is 80.3 Å². The Morgan fingerprint density at radius 2 is 1.76 bits per heavy atom. The fourth-order valence-corrected chi connectivity index (χ4v) is 2.79. The molecule has 6 nitrogen and oxygen atoms in total. The number of rotatable bonds is 8. The number of anilines is 2. The summed E-state index contributed by atoms with van der Waals surface area (Å²) in [4.78, 5) is 27.9. The SMILES string of the molecule is COc1cccc(CCNC(=O)c2ccc(Nc3ccc(C(C)=O)cc3)nc2)c1. The largest absolute Gasteiger partial charge is 0.497 e. The molecule has 1 aromatic heterocycles. The first-order valence-corrected chi connectivity index (χ1v) is 9.30. The van der Waals surface area contributed by atoms with Crippen LogP contribution in [0.1, 0.15) is 33.2 Å². The number of hydrogen-bond donors (Lipinski definition) is 2. The number of methoxy groups -OCH3 is 1. The van der Waals surface area contributed by atoms with Crippen molar-refractivity contribution < 1.29 is 14.3 Å². The van der Waals surface area contributed by atoms with Gasteiger partial charge in [-0.1, -0.05) is 12.1 Å². The van der Waals surface area contributed by atoms with Gasteiger partial charge in [0.25, 0.3) is 5.91 Å². The van der Waals surface area contributed by atoms with Crippen molar-refractivity contribution in [2.45, 2.75) is 13.3 Å². The molecule has 2 aromatic carbocycles. The van der Waals surface area contributed by atoms with Crippen molar-refractivity contribution >= 4 is 23.2 Å². The summed E-state index contributed by atoms with van der Waals surface area (Å²) < 4.78 is 5.21. The molecule has 29 heavy (non-hydrogen) atoms. The lowest BCUT2D eigenvalue weighted by Crippen LogP contribution is -2.25. The summed E-state index contributed by atoms with van der Waals surface area (Å²) in [5.41, 5.74) is 3.06. The van der Waals surface area contributed by atoms with Crippen LogP contribution in [-0.4, -0.2) is 30.3 Å². The van der Waals surface area contributed by atoms with Crippen molar-refractivity contribution in [2.75, 3.05) is 19.0 Å². The van der Waals surface area contributed by atoms with Gasteiger partial charge in [0.2, 0.25) is 0 Å². The molecule has 0 aliphatic carbocycles. The summed E-state index contributed by atoms with van der Waals surface area (Å²) in [5.74, 6) is 1.28. The van der Waals surface area contributed by atoms with Gasteiger partial charge in [0, 0.05) is 24.0 Å². The summed E-state index contributed by atoms with van der Waals surface area (Å²) in [7, 11) is 1.63. The van der Waals surface area contributed by atoms with Gasteiger partial charge in [-0.15, -0.1) is 0 Å². The van der Waals surface area contributed by atoms with E-state index in [0.29, 0.717) is 29.9 Å². The maximum Gasteiger partial charge on any atom is 0.252 e.